The number of rotatable bonds is 2. The van der Waals surface area contributed by atoms with Gasteiger partial charge in [-0.25, -0.2) is 9.59 Å². The minimum absolute atomic E-state index is 0.155. The summed E-state index contributed by atoms with van der Waals surface area (Å²) in [5.41, 5.74) is 2.00. The monoisotopic (exact) mass is 238 g/mol. The standard InChI is InChI=1S/C10H12O.C2H2O4/c1-3-9-6-4-5-7-10(9)8(2)11;3-1(4)2(5)6/h4-7H,3H2,1-2H3;(H,3,4)(H,5,6). The van der Waals surface area contributed by atoms with Crippen LogP contribution < -0.4 is 0 Å². The maximum Gasteiger partial charge on any atom is 0.414 e. The van der Waals surface area contributed by atoms with Gasteiger partial charge in [-0.05, 0) is 18.9 Å². The molecule has 0 bridgehead atoms. The van der Waals surface area contributed by atoms with Crippen molar-refractivity contribution < 1.29 is 24.6 Å². The van der Waals surface area contributed by atoms with E-state index in [-0.39, 0.29) is 5.78 Å². The van der Waals surface area contributed by atoms with Gasteiger partial charge in [0.25, 0.3) is 0 Å². The van der Waals surface area contributed by atoms with Crippen LogP contribution in [0.15, 0.2) is 24.3 Å². The summed E-state index contributed by atoms with van der Waals surface area (Å²) in [5.74, 6) is -3.49. The largest absolute Gasteiger partial charge is 0.473 e. The zero-order valence-corrected chi connectivity index (χ0v) is 9.64. The maximum absolute atomic E-state index is 11.0. The predicted molar refractivity (Wildman–Crippen MR) is 61.1 cm³/mol. The van der Waals surface area contributed by atoms with Crippen molar-refractivity contribution in [2.45, 2.75) is 20.3 Å². The third-order valence-electron chi connectivity index (χ3n) is 1.96. The Hall–Kier alpha value is -2.17. The summed E-state index contributed by atoms with van der Waals surface area (Å²) in [4.78, 5) is 29.2. The minimum Gasteiger partial charge on any atom is -0.473 e. The van der Waals surface area contributed by atoms with Crippen molar-refractivity contribution in [2.75, 3.05) is 0 Å². The molecule has 92 valence electrons. The van der Waals surface area contributed by atoms with Crippen LogP contribution in [0.5, 0.6) is 0 Å². The number of carboxylic acids is 2. The van der Waals surface area contributed by atoms with Crippen LogP contribution in [0.2, 0.25) is 0 Å². The Morgan fingerprint density at radius 2 is 1.53 bits per heavy atom. The molecule has 5 nitrogen and oxygen atoms in total. The summed E-state index contributed by atoms with van der Waals surface area (Å²) in [7, 11) is 0. The van der Waals surface area contributed by atoms with Crippen molar-refractivity contribution in [2.24, 2.45) is 0 Å². The summed E-state index contributed by atoms with van der Waals surface area (Å²) in [5, 5.41) is 14.8. The number of hydrogen-bond donors (Lipinski definition) is 2. The predicted octanol–water partition coefficient (Wildman–Crippen LogP) is 1.61. The van der Waals surface area contributed by atoms with Gasteiger partial charge in [-0.2, -0.15) is 0 Å². The van der Waals surface area contributed by atoms with Crippen LogP contribution in [-0.2, 0) is 16.0 Å². The first-order chi connectivity index (χ1) is 7.90. The number of carboxylic acid groups (broad SMARTS) is 2. The second-order valence-corrected chi connectivity index (χ2v) is 3.18. The van der Waals surface area contributed by atoms with Gasteiger partial charge in [0.05, 0.1) is 0 Å². The summed E-state index contributed by atoms with van der Waals surface area (Å²) in [6, 6.07) is 7.74. The SMILES string of the molecule is CCc1ccccc1C(C)=O.O=C(O)C(=O)O. The van der Waals surface area contributed by atoms with Gasteiger partial charge in [-0.15, -0.1) is 0 Å². The molecular formula is C12H14O5. The maximum atomic E-state index is 11.0. The quantitative estimate of drug-likeness (QED) is 0.603. The first-order valence-electron chi connectivity index (χ1n) is 4.95. The molecule has 1 rings (SSSR count). The number of aryl methyl sites for hydroxylation is 1. The van der Waals surface area contributed by atoms with Crippen molar-refractivity contribution in [3.05, 3.63) is 35.4 Å². The average molecular weight is 238 g/mol. The highest BCUT2D eigenvalue weighted by atomic mass is 16.4. The van der Waals surface area contributed by atoms with Crippen molar-refractivity contribution >= 4 is 17.7 Å². The van der Waals surface area contributed by atoms with Crippen molar-refractivity contribution in [1.82, 2.24) is 0 Å². The fourth-order valence-corrected chi connectivity index (χ4v) is 1.17. The molecule has 0 atom stereocenters. The van der Waals surface area contributed by atoms with Gasteiger partial charge in [-0.1, -0.05) is 31.2 Å². The molecule has 0 aliphatic carbocycles. The molecule has 0 saturated carbocycles. The number of carbonyl (C=O) groups is 3. The van der Waals surface area contributed by atoms with E-state index in [1.54, 1.807) is 6.92 Å². The summed E-state index contributed by atoms with van der Waals surface area (Å²) >= 11 is 0. The molecule has 0 heterocycles. The Kier molecular flexibility index (Phi) is 6.25. The molecule has 0 aliphatic heterocycles. The highest BCUT2D eigenvalue weighted by molar-refractivity contribution is 6.27. The first kappa shape index (κ1) is 14.8. The van der Waals surface area contributed by atoms with Crippen molar-refractivity contribution in [3.8, 4) is 0 Å². The molecular weight excluding hydrogens is 224 g/mol. The number of Topliss-reactive ketones (excluding diaryl/α,β-unsaturated/α-hetero) is 1. The van der Waals surface area contributed by atoms with Crippen LogP contribution in [0.1, 0.15) is 29.8 Å². The highest BCUT2D eigenvalue weighted by Crippen LogP contribution is 2.09. The van der Waals surface area contributed by atoms with E-state index in [2.05, 4.69) is 6.92 Å². The molecule has 5 heteroatoms. The normalized spacial score (nSPS) is 8.82. The number of aliphatic carboxylic acids is 2. The van der Waals surface area contributed by atoms with Crippen LogP contribution in [0.4, 0.5) is 0 Å². The van der Waals surface area contributed by atoms with Crippen LogP contribution in [0.25, 0.3) is 0 Å². The fourth-order valence-electron chi connectivity index (χ4n) is 1.17. The van der Waals surface area contributed by atoms with Crippen LogP contribution >= 0.6 is 0 Å². The van der Waals surface area contributed by atoms with Gasteiger partial charge < -0.3 is 10.2 Å². The molecule has 0 saturated heterocycles. The molecule has 0 unspecified atom stereocenters. The molecule has 0 fully saturated rings. The number of carbonyl (C=O) groups excluding carboxylic acids is 1. The van der Waals surface area contributed by atoms with E-state index in [1.807, 2.05) is 24.3 Å². The lowest BCUT2D eigenvalue weighted by atomic mass is 10.0. The minimum atomic E-state index is -1.82. The average Bonchev–Trinajstić information content (AvgIpc) is 2.29. The second-order valence-electron chi connectivity index (χ2n) is 3.18. The van der Waals surface area contributed by atoms with Gasteiger partial charge in [0.15, 0.2) is 5.78 Å². The first-order valence-corrected chi connectivity index (χ1v) is 4.95. The number of hydrogen-bond acceptors (Lipinski definition) is 3. The Bertz CT molecular complexity index is 411. The molecule has 1 aromatic rings. The van der Waals surface area contributed by atoms with Crippen LogP contribution in [0, 0.1) is 0 Å². The lowest BCUT2D eigenvalue weighted by molar-refractivity contribution is -0.159. The molecule has 0 radical (unpaired) electrons. The van der Waals surface area contributed by atoms with E-state index in [0.717, 1.165) is 17.5 Å². The number of benzene rings is 1. The Balaban J connectivity index is 0.000000366. The molecule has 0 amide bonds. The summed E-state index contributed by atoms with van der Waals surface area (Å²) in [6.07, 6.45) is 0.926. The Morgan fingerprint density at radius 3 is 1.82 bits per heavy atom. The van der Waals surface area contributed by atoms with Gasteiger partial charge in [0.1, 0.15) is 0 Å². The molecule has 0 spiro atoms. The molecule has 1 aromatic carbocycles. The molecule has 17 heavy (non-hydrogen) atoms. The lowest BCUT2D eigenvalue weighted by Gasteiger charge is -2.01. The van der Waals surface area contributed by atoms with E-state index in [9.17, 15) is 4.79 Å². The van der Waals surface area contributed by atoms with E-state index in [0.29, 0.717) is 0 Å². The van der Waals surface area contributed by atoms with Crippen LogP contribution in [0.3, 0.4) is 0 Å². The summed E-state index contributed by atoms with van der Waals surface area (Å²) in [6.45, 7) is 3.66. The smallest absolute Gasteiger partial charge is 0.414 e. The zero-order chi connectivity index (χ0) is 13.4. The van der Waals surface area contributed by atoms with E-state index in [4.69, 9.17) is 19.8 Å². The molecule has 2 N–H and O–H groups in total. The third kappa shape index (κ3) is 5.46. The number of ketones is 1. The Morgan fingerprint density at radius 1 is 1.06 bits per heavy atom. The molecule has 0 aromatic heterocycles. The third-order valence-corrected chi connectivity index (χ3v) is 1.96. The zero-order valence-electron chi connectivity index (χ0n) is 9.64. The fraction of sp³-hybridized carbons (Fsp3) is 0.250. The Labute approximate surface area is 98.7 Å². The highest BCUT2D eigenvalue weighted by Gasteiger charge is 2.04. The second kappa shape index (κ2) is 7.16. The lowest BCUT2D eigenvalue weighted by Crippen LogP contribution is -2.09. The topological polar surface area (TPSA) is 91.7 Å². The van der Waals surface area contributed by atoms with E-state index >= 15 is 0 Å². The van der Waals surface area contributed by atoms with E-state index < -0.39 is 11.9 Å². The van der Waals surface area contributed by atoms with Gasteiger partial charge in [-0.3, -0.25) is 4.79 Å². The van der Waals surface area contributed by atoms with Gasteiger partial charge in [0, 0.05) is 5.56 Å². The summed E-state index contributed by atoms with van der Waals surface area (Å²) < 4.78 is 0. The van der Waals surface area contributed by atoms with E-state index in [1.165, 1.54) is 0 Å². The van der Waals surface area contributed by atoms with Gasteiger partial charge >= 0.3 is 11.9 Å². The van der Waals surface area contributed by atoms with Crippen LogP contribution in [-0.4, -0.2) is 27.9 Å². The van der Waals surface area contributed by atoms with Crippen molar-refractivity contribution in [1.29, 1.82) is 0 Å². The molecule has 0 aliphatic rings. The van der Waals surface area contributed by atoms with Crippen molar-refractivity contribution in [3.63, 3.8) is 0 Å². The van der Waals surface area contributed by atoms with Gasteiger partial charge in [0.2, 0.25) is 0 Å².